The van der Waals surface area contributed by atoms with Gasteiger partial charge in [0.1, 0.15) is 6.61 Å². The van der Waals surface area contributed by atoms with E-state index in [-0.39, 0.29) is 18.6 Å². The van der Waals surface area contributed by atoms with Crippen molar-refractivity contribution in [3.8, 4) is 0 Å². The van der Waals surface area contributed by atoms with Crippen LogP contribution in [0.2, 0.25) is 0 Å². The number of aromatic nitrogens is 2. The SMILES string of the molecule is COCC(=O)N1CC[C@H]2[C@H]1CCN2c1ncccn1.O=C(O)C(F)(F)F. The summed E-state index contributed by atoms with van der Waals surface area (Å²) in [6.45, 7) is 1.89. The van der Waals surface area contributed by atoms with Crippen molar-refractivity contribution >= 4 is 17.8 Å². The van der Waals surface area contributed by atoms with Gasteiger partial charge in [-0.25, -0.2) is 14.8 Å². The van der Waals surface area contributed by atoms with Gasteiger partial charge in [-0.15, -0.1) is 0 Å². The van der Waals surface area contributed by atoms with Crippen LogP contribution in [0.25, 0.3) is 0 Å². The lowest BCUT2D eigenvalue weighted by Crippen LogP contribution is -2.41. The molecule has 2 saturated heterocycles. The number of rotatable bonds is 3. The van der Waals surface area contributed by atoms with Crippen molar-refractivity contribution in [3.05, 3.63) is 18.5 Å². The Labute approximate surface area is 147 Å². The first-order chi connectivity index (χ1) is 12.3. The quantitative estimate of drug-likeness (QED) is 0.839. The van der Waals surface area contributed by atoms with Gasteiger partial charge in [0.2, 0.25) is 11.9 Å². The van der Waals surface area contributed by atoms with Crippen LogP contribution in [0.15, 0.2) is 18.5 Å². The summed E-state index contributed by atoms with van der Waals surface area (Å²) in [5.41, 5.74) is 0. The van der Waals surface area contributed by atoms with Gasteiger partial charge in [0.05, 0.1) is 12.1 Å². The third-order valence-electron chi connectivity index (χ3n) is 4.22. The minimum absolute atomic E-state index is 0.0887. The number of aliphatic carboxylic acids is 1. The molecule has 2 aliphatic heterocycles. The highest BCUT2D eigenvalue weighted by atomic mass is 19.4. The van der Waals surface area contributed by atoms with Crippen molar-refractivity contribution in [1.29, 1.82) is 0 Å². The van der Waals surface area contributed by atoms with Gasteiger partial charge in [-0.1, -0.05) is 0 Å². The number of alkyl halides is 3. The molecule has 1 aromatic rings. The van der Waals surface area contributed by atoms with E-state index in [1.165, 1.54) is 0 Å². The van der Waals surface area contributed by atoms with Gasteiger partial charge >= 0.3 is 12.1 Å². The maximum atomic E-state index is 12.0. The number of fused-ring (bicyclic) bond motifs is 1. The van der Waals surface area contributed by atoms with Crippen molar-refractivity contribution in [2.45, 2.75) is 31.1 Å². The molecule has 0 spiro atoms. The average molecular weight is 376 g/mol. The van der Waals surface area contributed by atoms with E-state index < -0.39 is 12.1 Å². The van der Waals surface area contributed by atoms with Crippen LogP contribution in [0.5, 0.6) is 0 Å². The molecule has 144 valence electrons. The van der Waals surface area contributed by atoms with Crippen molar-refractivity contribution in [1.82, 2.24) is 14.9 Å². The van der Waals surface area contributed by atoms with Crippen molar-refractivity contribution in [2.24, 2.45) is 0 Å². The Kier molecular flexibility index (Phi) is 6.35. The number of carboxylic acids is 1. The molecule has 0 radical (unpaired) electrons. The monoisotopic (exact) mass is 376 g/mol. The smallest absolute Gasteiger partial charge is 0.475 e. The van der Waals surface area contributed by atoms with E-state index in [0.717, 1.165) is 31.9 Å². The molecule has 26 heavy (non-hydrogen) atoms. The van der Waals surface area contributed by atoms with Crippen LogP contribution in [-0.2, 0) is 14.3 Å². The molecule has 1 aromatic heterocycles. The van der Waals surface area contributed by atoms with Crippen molar-refractivity contribution in [3.63, 3.8) is 0 Å². The van der Waals surface area contributed by atoms with Crippen molar-refractivity contribution in [2.75, 3.05) is 31.7 Å². The van der Waals surface area contributed by atoms with Gasteiger partial charge in [0, 0.05) is 32.6 Å². The zero-order valence-electron chi connectivity index (χ0n) is 14.0. The third-order valence-corrected chi connectivity index (χ3v) is 4.22. The molecular formula is C15H19F3N4O4. The summed E-state index contributed by atoms with van der Waals surface area (Å²) in [6.07, 6.45) is 0.410. The maximum absolute atomic E-state index is 12.0. The number of carbonyl (C=O) groups is 2. The summed E-state index contributed by atoms with van der Waals surface area (Å²) in [5, 5.41) is 7.12. The summed E-state index contributed by atoms with van der Waals surface area (Å²) in [5.74, 6) is -1.89. The maximum Gasteiger partial charge on any atom is 0.490 e. The highest BCUT2D eigenvalue weighted by Gasteiger charge is 2.45. The average Bonchev–Trinajstić information content (AvgIpc) is 3.17. The Bertz CT molecular complexity index is 629. The lowest BCUT2D eigenvalue weighted by Gasteiger charge is -2.25. The number of carboxylic acid groups (broad SMARTS) is 1. The summed E-state index contributed by atoms with van der Waals surface area (Å²) in [6, 6.07) is 2.45. The minimum atomic E-state index is -5.08. The van der Waals surface area contributed by atoms with Crippen LogP contribution in [0.1, 0.15) is 12.8 Å². The molecule has 0 saturated carbocycles. The largest absolute Gasteiger partial charge is 0.490 e. The molecule has 1 N–H and O–H groups in total. The Morgan fingerprint density at radius 1 is 1.23 bits per heavy atom. The molecule has 0 aliphatic carbocycles. The Balaban J connectivity index is 0.000000298. The molecule has 0 aromatic carbocycles. The summed E-state index contributed by atoms with van der Waals surface area (Å²) < 4.78 is 36.7. The Hall–Kier alpha value is -2.43. The number of carbonyl (C=O) groups excluding carboxylic acids is 1. The zero-order valence-corrected chi connectivity index (χ0v) is 14.0. The van der Waals surface area contributed by atoms with Gasteiger partial charge in [-0.05, 0) is 18.9 Å². The first kappa shape index (κ1) is 19.9. The predicted octanol–water partition coefficient (Wildman–Crippen LogP) is 0.936. The van der Waals surface area contributed by atoms with Crippen molar-refractivity contribution < 1.29 is 32.6 Å². The number of hydrogen-bond acceptors (Lipinski definition) is 6. The Morgan fingerprint density at radius 2 is 1.81 bits per heavy atom. The Morgan fingerprint density at radius 3 is 2.35 bits per heavy atom. The lowest BCUT2D eigenvalue weighted by molar-refractivity contribution is -0.192. The number of hydrogen-bond donors (Lipinski definition) is 1. The van der Waals surface area contributed by atoms with E-state index in [1.807, 2.05) is 11.0 Å². The number of nitrogens with zero attached hydrogens (tertiary/aromatic N) is 4. The number of halogens is 3. The summed E-state index contributed by atoms with van der Waals surface area (Å²) >= 11 is 0. The number of ether oxygens (including phenoxy) is 1. The molecule has 2 fully saturated rings. The van der Waals surface area contributed by atoms with Crippen LogP contribution in [0.3, 0.4) is 0 Å². The van der Waals surface area contributed by atoms with Crippen LogP contribution in [0, 0.1) is 0 Å². The fraction of sp³-hybridized carbons (Fsp3) is 0.600. The van der Waals surface area contributed by atoms with Crippen LogP contribution >= 0.6 is 0 Å². The van der Waals surface area contributed by atoms with E-state index in [4.69, 9.17) is 14.6 Å². The molecular weight excluding hydrogens is 357 g/mol. The molecule has 0 unspecified atom stereocenters. The molecule has 8 nitrogen and oxygen atoms in total. The van der Waals surface area contributed by atoms with Gasteiger partial charge < -0.3 is 19.6 Å². The van der Waals surface area contributed by atoms with E-state index in [1.54, 1.807) is 19.5 Å². The second kappa shape index (κ2) is 8.30. The lowest BCUT2D eigenvalue weighted by atomic mass is 10.1. The number of likely N-dealkylation sites (tertiary alicyclic amines) is 1. The fourth-order valence-electron chi connectivity index (χ4n) is 3.19. The van der Waals surface area contributed by atoms with Gasteiger partial charge in [-0.2, -0.15) is 13.2 Å². The highest BCUT2D eigenvalue weighted by Crippen LogP contribution is 2.33. The second-order valence-corrected chi connectivity index (χ2v) is 5.78. The molecule has 11 heteroatoms. The zero-order chi connectivity index (χ0) is 19.3. The van der Waals surface area contributed by atoms with Gasteiger partial charge in [-0.3, -0.25) is 4.79 Å². The van der Waals surface area contributed by atoms with E-state index in [2.05, 4.69) is 14.9 Å². The normalized spacial score (nSPS) is 21.8. The first-order valence-electron chi connectivity index (χ1n) is 7.88. The van der Waals surface area contributed by atoms with Crippen LogP contribution in [-0.4, -0.2) is 76.9 Å². The minimum Gasteiger partial charge on any atom is -0.475 e. The first-order valence-corrected chi connectivity index (χ1v) is 7.88. The molecule has 3 rings (SSSR count). The molecule has 2 atom stereocenters. The second-order valence-electron chi connectivity index (χ2n) is 5.78. The van der Waals surface area contributed by atoms with E-state index in [9.17, 15) is 18.0 Å². The van der Waals surface area contributed by atoms with Gasteiger partial charge in [0.15, 0.2) is 0 Å². The number of anilines is 1. The van der Waals surface area contributed by atoms with E-state index in [0.29, 0.717) is 6.04 Å². The molecule has 1 amide bonds. The topological polar surface area (TPSA) is 95.9 Å². The fourth-order valence-corrected chi connectivity index (χ4v) is 3.19. The summed E-state index contributed by atoms with van der Waals surface area (Å²) in [4.78, 5) is 33.7. The summed E-state index contributed by atoms with van der Waals surface area (Å²) in [7, 11) is 1.56. The number of methoxy groups -OCH3 is 1. The molecule has 0 bridgehead atoms. The van der Waals surface area contributed by atoms with Gasteiger partial charge in [0.25, 0.3) is 0 Å². The third kappa shape index (κ3) is 4.59. The molecule has 3 heterocycles. The van der Waals surface area contributed by atoms with E-state index >= 15 is 0 Å². The highest BCUT2D eigenvalue weighted by molar-refractivity contribution is 5.78. The standard InChI is InChI=1S/C13H18N4O2.C2HF3O2/c1-19-9-12(18)16-7-3-11-10(16)4-8-17(11)13-14-5-2-6-15-13;3-2(4,5)1(6)7/h2,5-6,10-11H,3-4,7-9H2,1H3;(H,6,7)/t10-,11+;/m1./s1. The number of amides is 1. The predicted molar refractivity (Wildman–Crippen MR) is 83.5 cm³/mol. The molecule has 2 aliphatic rings. The van der Waals surface area contributed by atoms with Crippen LogP contribution in [0.4, 0.5) is 19.1 Å². The van der Waals surface area contributed by atoms with Crippen LogP contribution < -0.4 is 4.90 Å².